The lowest BCUT2D eigenvalue weighted by Crippen LogP contribution is -2.52. The van der Waals surface area contributed by atoms with Crippen LogP contribution in [0, 0.1) is 29.1 Å². The molecule has 5 aliphatic rings. The molecule has 3 fully saturated rings. The maximum Gasteiger partial charge on any atom is 0.331 e. The lowest BCUT2D eigenvalue weighted by molar-refractivity contribution is -0.160. The third-order valence-corrected chi connectivity index (χ3v) is 8.27. The van der Waals surface area contributed by atoms with E-state index in [2.05, 4.69) is 19.6 Å². The molecule has 0 amide bonds. The van der Waals surface area contributed by atoms with Gasteiger partial charge in [0.1, 0.15) is 5.60 Å². The third-order valence-electron chi connectivity index (χ3n) is 8.27. The molecule has 3 heteroatoms. The Morgan fingerprint density at radius 2 is 2.00 bits per heavy atom. The molecule has 6 unspecified atom stereocenters. The topological polar surface area (TPSA) is 43.4 Å². The van der Waals surface area contributed by atoms with Crippen molar-refractivity contribution in [3.8, 4) is 0 Å². The van der Waals surface area contributed by atoms with Crippen LogP contribution in [0.4, 0.5) is 0 Å². The first-order valence-electron chi connectivity index (χ1n) is 9.78. The molecular formula is C22H26O3. The molecular weight excluding hydrogens is 312 g/mol. The van der Waals surface area contributed by atoms with Crippen LogP contribution in [0.25, 0.3) is 0 Å². The highest BCUT2D eigenvalue weighted by Gasteiger charge is 2.65. The Morgan fingerprint density at radius 1 is 1.16 bits per heavy atom. The zero-order valence-electron chi connectivity index (χ0n) is 14.9. The van der Waals surface area contributed by atoms with Crippen LogP contribution in [0.15, 0.2) is 36.0 Å². The van der Waals surface area contributed by atoms with Gasteiger partial charge in [-0.3, -0.25) is 4.79 Å². The van der Waals surface area contributed by atoms with Gasteiger partial charge in [-0.15, -0.1) is 0 Å². The first kappa shape index (κ1) is 15.6. The van der Waals surface area contributed by atoms with Gasteiger partial charge in [0.05, 0.1) is 0 Å². The minimum Gasteiger partial charge on any atom is -0.451 e. The van der Waals surface area contributed by atoms with Crippen molar-refractivity contribution in [2.45, 2.75) is 57.5 Å². The minimum atomic E-state index is -0.375. The first-order valence-corrected chi connectivity index (χ1v) is 9.78. The SMILES string of the molecule is C=C1CC2C(CCC3(C)C2CCC32C=CC(=O)O2)C2CCC(=O)C=C12. The molecule has 6 atom stereocenters. The van der Waals surface area contributed by atoms with Gasteiger partial charge >= 0.3 is 5.97 Å². The van der Waals surface area contributed by atoms with Crippen LogP contribution >= 0.6 is 0 Å². The van der Waals surface area contributed by atoms with Gasteiger partial charge in [-0.1, -0.05) is 19.1 Å². The van der Waals surface area contributed by atoms with Crippen LogP contribution in [0.3, 0.4) is 0 Å². The molecule has 132 valence electrons. The van der Waals surface area contributed by atoms with Crippen molar-refractivity contribution >= 4 is 11.8 Å². The van der Waals surface area contributed by atoms with Crippen molar-refractivity contribution < 1.29 is 14.3 Å². The Morgan fingerprint density at radius 3 is 2.76 bits per heavy atom. The number of esters is 1. The summed E-state index contributed by atoms with van der Waals surface area (Å²) in [5.74, 6) is 2.49. The van der Waals surface area contributed by atoms with Crippen LogP contribution in [0.2, 0.25) is 0 Å². The van der Waals surface area contributed by atoms with Gasteiger partial charge < -0.3 is 4.74 Å². The number of rotatable bonds is 0. The Hall–Kier alpha value is -1.64. The van der Waals surface area contributed by atoms with Crippen molar-refractivity contribution in [2.24, 2.45) is 29.1 Å². The van der Waals surface area contributed by atoms with Gasteiger partial charge in [0.2, 0.25) is 0 Å². The summed E-state index contributed by atoms with van der Waals surface area (Å²) >= 11 is 0. The van der Waals surface area contributed by atoms with E-state index in [0.717, 1.165) is 32.1 Å². The summed E-state index contributed by atoms with van der Waals surface area (Å²) < 4.78 is 5.88. The van der Waals surface area contributed by atoms with E-state index in [4.69, 9.17) is 4.74 Å². The summed E-state index contributed by atoms with van der Waals surface area (Å²) in [6, 6.07) is 0. The highest BCUT2D eigenvalue weighted by atomic mass is 16.6. The molecule has 0 bridgehead atoms. The fourth-order valence-corrected chi connectivity index (χ4v) is 7.05. The predicted molar refractivity (Wildman–Crippen MR) is 94.6 cm³/mol. The number of fused-ring (bicyclic) bond motifs is 6. The van der Waals surface area contributed by atoms with E-state index >= 15 is 0 Å². The zero-order chi connectivity index (χ0) is 17.4. The molecule has 25 heavy (non-hydrogen) atoms. The van der Waals surface area contributed by atoms with Gasteiger partial charge in [0.25, 0.3) is 0 Å². The summed E-state index contributed by atoms with van der Waals surface area (Å²) in [5.41, 5.74) is 2.10. The van der Waals surface area contributed by atoms with E-state index in [9.17, 15) is 9.59 Å². The molecule has 3 saturated carbocycles. The number of ether oxygens (including phenoxy) is 1. The molecule has 1 spiro atoms. The molecule has 0 saturated heterocycles. The Labute approximate surface area is 149 Å². The van der Waals surface area contributed by atoms with E-state index in [0.29, 0.717) is 30.1 Å². The van der Waals surface area contributed by atoms with E-state index in [1.54, 1.807) is 6.08 Å². The lowest BCUT2D eigenvalue weighted by Gasteiger charge is -2.55. The smallest absolute Gasteiger partial charge is 0.331 e. The van der Waals surface area contributed by atoms with Gasteiger partial charge in [-0.05, 0) is 79.9 Å². The number of allylic oxidation sites excluding steroid dienone is 2. The summed E-state index contributed by atoms with van der Waals surface area (Å²) in [6.07, 6.45) is 12.6. The molecule has 0 aromatic heterocycles. The highest BCUT2D eigenvalue weighted by Crippen LogP contribution is 2.67. The van der Waals surface area contributed by atoms with E-state index in [1.165, 1.54) is 17.6 Å². The molecule has 0 aromatic rings. The van der Waals surface area contributed by atoms with E-state index in [-0.39, 0.29) is 22.8 Å². The summed E-state index contributed by atoms with van der Waals surface area (Å²) in [7, 11) is 0. The molecule has 0 aromatic carbocycles. The van der Waals surface area contributed by atoms with Crippen molar-refractivity contribution in [3.05, 3.63) is 36.0 Å². The number of carbonyl (C=O) groups is 2. The molecule has 5 rings (SSSR count). The fraction of sp³-hybridized carbons (Fsp3) is 0.636. The Kier molecular flexibility index (Phi) is 3.09. The number of carbonyl (C=O) groups excluding carboxylic acids is 2. The normalized spacial score (nSPS) is 48.0. The molecule has 0 N–H and O–H groups in total. The van der Waals surface area contributed by atoms with Gasteiger partial charge in [-0.25, -0.2) is 4.79 Å². The van der Waals surface area contributed by atoms with Crippen molar-refractivity contribution in [1.82, 2.24) is 0 Å². The zero-order valence-corrected chi connectivity index (χ0v) is 14.9. The maximum absolute atomic E-state index is 11.9. The van der Waals surface area contributed by atoms with Gasteiger partial charge in [-0.2, -0.15) is 0 Å². The average Bonchev–Trinajstić information content (AvgIpc) is 3.10. The number of hydrogen-bond acceptors (Lipinski definition) is 3. The van der Waals surface area contributed by atoms with Crippen LogP contribution < -0.4 is 0 Å². The molecule has 3 nitrogen and oxygen atoms in total. The predicted octanol–water partition coefficient (Wildman–Crippen LogP) is 4.15. The van der Waals surface area contributed by atoms with E-state index < -0.39 is 0 Å². The summed E-state index contributed by atoms with van der Waals surface area (Å²) in [5, 5.41) is 0. The highest BCUT2D eigenvalue weighted by molar-refractivity contribution is 5.92. The van der Waals surface area contributed by atoms with Crippen LogP contribution in [0.5, 0.6) is 0 Å². The van der Waals surface area contributed by atoms with Crippen LogP contribution in [-0.2, 0) is 14.3 Å². The second kappa shape index (κ2) is 4.96. The number of hydrogen-bond donors (Lipinski definition) is 0. The van der Waals surface area contributed by atoms with E-state index in [1.807, 2.05) is 6.08 Å². The van der Waals surface area contributed by atoms with Crippen molar-refractivity contribution in [3.63, 3.8) is 0 Å². The number of ketones is 1. The second-order valence-corrected chi connectivity index (χ2v) is 9.09. The quantitative estimate of drug-likeness (QED) is 0.623. The van der Waals surface area contributed by atoms with Crippen molar-refractivity contribution in [2.75, 3.05) is 0 Å². The van der Waals surface area contributed by atoms with Crippen LogP contribution in [-0.4, -0.2) is 17.4 Å². The second-order valence-electron chi connectivity index (χ2n) is 9.09. The largest absolute Gasteiger partial charge is 0.451 e. The fourth-order valence-electron chi connectivity index (χ4n) is 7.05. The molecule has 1 aliphatic heterocycles. The summed E-state index contributed by atoms with van der Waals surface area (Å²) in [6.45, 7) is 6.69. The minimum absolute atomic E-state index is 0.0445. The summed E-state index contributed by atoms with van der Waals surface area (Å²) in [4.78, 5) is 23.7. The maximum atomic E-state index is 11.9. The molecule has 0 radical (unpaired) electrons. The van der Waals surface area contributed by atoms with Crippen molar-refractivity contribution in [1.29, 1.82) is 0 Å². The Balaban J connectivity index is 1.50. The average molecular weight is 338 g/mol. The standard InChI is InChI=1S/C22H26O3/c1-13-11-18-16(15-4-3-14(23)12-17(13)15)5-8-21(2)19(18)6-9-22(21)10-7-20(24)25-22/h7,10,12,15-16,18-19H,1,3-6,8-9,11H2,2H3. The monoisotopic (exact) mass is 338 g/mol. The molecule has 1 heterocycles. The first-order chi connectivity index (χ1) is 11.9. The van der Waals surface area contributed by atoms with Crippen LogP contribution in [0.1, 0.15) is 51.9 Å². The lowest BCUT2D eigenvalue weighted by atomic mass is 9.50. The van der Waals surface area contributed by atoms with Gasteiger partial charge in [0.15, 0.2) is 5.78 Å². The third kappa shape index (κ3) is 1.93. The Bertz CT molecular complexity index is 744. The van der Waals surface area contributed by atoms with Gasteiger partial charge in [0, 0.05) is 17.9 Å². The molecule has 4 aliphatic carbocycles.